The molecule has 13 heavy (non-hydrogen) atoms. The summed E-state index contributed by atoms with van der Waals surface area (Å²) >= 11 is 1.77. The normalized spacial score (nSPS) is 10.1. The van der Waals surface area contributed by atoms with Gasteiger partial charge in [0.05, 0.1) is 11.1 Å². The third-order valence-electron chi connectivity index (χ3n) is 1.39. The van der Waals surface area contributed by atoms with Crippen LogP contribution in [-0.4, -0.2) is 4.98 Å². The number of aromatic nitrogens is 1. The fourth-order valence-corrected chi connectivity index (χ4v) is 1.31. The van der Waals surface area contributed by atoms with Gasteiger partial charge in [-0.05, 0) is 28.7 Å². The Hall–Kier alpha value is -0.970. The fraction of sp³-hybridized carbons (Fsp3) is 0.143. The van der Waals surface area contributed by atoms with Crippen LogP contribution in [0.4, 0.5) is 14.6 Å². The molecule has 0 saturated carbocycles. The van der Waals surface area contributed by atoms with E-state index < -0.39 is 12.0 Å². The number of nitrogens with zero attached hydrogens (tertiary/aromatic N) is 2. The summed E-state index contributed by atoms with van der Waals surface area (Å²) in [5.41, 5.74) is 4.96. The van der Waals surface area contributed by atoms with Crippen molar-refractivity contribution in [2.45, 2.75) is 6.43 Å². The van der Waals surface area contributed by atoms with Gasteiger partial charge in [0, 0.05) is 0 Å². The van der Waals surface area contributed by atoms with Crippen molar-refractivity contribution in [1.29, 1.82) is 5.26 Å². The molecule has 3 nitrogen and oxygen atoms in total. The van der Waals surface area contributed by atoms with Gasteiger partial charge in [0.1, 0.15) is 15.6 Å². The second-order valence-electron chi connectivity index (χ2n) is 2.21. The van der Waals surface area contributed by atoms with Gasteiger partial charge in [-0.25, -0.2) is 13.8 Å². The Labute approximate surface area is 86.7 Å². The molecule has 0 spiro atoms. The predicted octanol–water partition coefficient (Wildman–Crippen LogP) is 2.08. The van der Waals surface area contributed by atoms with Gasteiger partial charge >= 0.3 is 0 Å². The lowest BCUT2D eigenvalue weighted by Gasteiger charge is -2.04. The van der Waals surface area contributed by atoms with Crippen molar-refractivity contribution in [1.82, 2.24) is 4.98 Å². The summed E-state index contributed by atoms with van der Waals surface area (Å²) < 4.78 is 24.8. The van der Waals surface area contributed by atoms with Crippen LogP contribution in [0.1, 0.15) is 17.6 Å². The van der Waals surface area contributed by atoms with Crippen molar-refractivity contribution in [3.8, 4) is 6.07 Å². The first-order valence-corrected chi connectivity index (χ1v) is 4.28. The summed E-state index contributed by atoms with van der Waals surface area (Å²) in [5, 5.41) is 8.54. The zero-order chi connectivity index (χ0) is 10.0. The second-order valence-corrected chi connectivity index (χ2v) is 3.24. The van der Waals surface area contributed by atoms with E-state index in [0.717, 1.165) is 6.07 Å². The molecule has 0 aliphatic carbocycles. The van der Waals surface area contributed by atoms with Crippen molar-refractivity contribution in [3.05, 3.63) is 20.9 Å². The molecule has 0 unspecified atom stereocenters. The zero-order valence-corrected chi connectivity index (χ0v) is 8.42. The van der Waals surface area contributed by atoms with Crippen LogP contribution in [0, 0.1) is 15.0 Å². The third kappa shape index (κ3) is 2.03. The van der Waals surface area contributed by atoms with Crippen LogP contribution in [0.3, 0.4) is 0 Å². The predicted molar refractivity (Wildman–Crippen MR) is 51.0 cm³/mol. The minimum atomic E-state index is -2.70. The molecule has 0 atom stereocenters. The maximum Gasteiger partial charge on any atom is 0.267 e. The van der Waals surface area contributed by atoms with E-state index in [9.17, 15) is 8.78 Å². The molecule has 0 aromatic carbocycles. The maximum atomic E-state index is 12.2. The largest absolute Gasteiger partial charge is 0.383 e. The molecule has 0 aliphatic rings. The highest BCUT2D eigenvalue weighted by Gasteiger charge is 2.15. The maximum absolute atomic E-state index is 12.2. The summed E-state index contributed by atoms with van der Waals surface area (Å²) in [6.45, 7) is 0. The van der Waals surface area contributed by atoms with Crippen LogP contribution in [-0.2, 0) is 0 Å². The number of hydrogen-bond donors (Lipinski definition) is 1. The highest BCUT2D eigenvalue weighted by atomic mass is 127. The standard InChI is InChI=1S/C7H4F2IN3/c8-5(9)4-1-3(2-11)6(10)13-7(4)12/h1,5H,(H2,12,13). The average Bonchev–Trinajstić information content (AvgIpc) is 2.03. The van der Waals surface area contributed by atoms with Gasteiger partial charge in [-0.2, -0.15) is 5.26 Å². The first kappa shape index (κ1) is 10.1. The molecule has 0 aliphatic heterocycles. The van der Waals surface area contributed by atoms with E-state index in [1.807, 2.05) is 0 Å². The first-order valence-electron chi connectivity index (χ1n) is 3.20. The van der Waals surface area contributed by atoms with Crippen molar-refractivity contribution >= 4 is 28.4 Å². The number of nitrogen functional groups attached to an aromatic ring is 1. The van der Waals surface area contributed by atoms with Gasteiger partial charge < -0.3 is 5.73 Å². The number of alkyl halides is 2. The molecule has 2 N–H and O–H groups in total. The van der Waals surface area contributed by atoms with Gasteiger partial charge in [-0.15, -0.1) is 0 Å². The van der Waals surface area contributed by atoms with Crippen LogP contribution in [0.5, 0.6) is 0 Å². The molecular formula is C7H4F2IN3. The third-order valence-corrected chi connectivity index (χ3v) is 2.21. The monoisotopic (exact) mass is 295 g/mol. The number of halogens is 3. The zero-order valence-electron chi connectivity index (χ0n) is 6.26. The lowest BCUT2D eigenvalue weighted by Crippen LogP contribution is -2.01. The van der Waals surface area contributed by atoms with E-state index in [0.29, 0.717) is 3.70 Å². The number of anilines is 1. The molecule has 0 fully saturated rings. The Morgan fingerprint density at radius 2 is 2.23 bits per heavy atom. The number of hydrogen-bond acceptors (Lipinski definition) is 3. The molecule has 68 valence electrons. The molecule has 0 radical (unpaired) electrons. The van der Waals surface area contributed by atoms with Crippen LogP contribution in [0.25, 0.3) is 0 Å². The van der Waals surface area contributed by atoms with E-state index >= 15 is 0 Å². The molecule has 1 rings (SSSR count). The number of rotatable bonds is 1. The van der Waals surface area contributed by atoms with Gasteiger partial charge in [0.15, 0.2) is 0 Å². The van der Waals surface area contributed by atoms with E-state index in [1.54, 1.807) is 28.7 Å². The van der Waals surface area contributed by atoms with E-state index in [-0.39, 0.29) is 11.4 Å². The summed E-state index contributed by atoms with van der Waals surface area (Å²) in [5.74, 6) is -0.224. The lowest BCUT2D eigenvalue weighted by molar-refractivity contribution is 0.152. The van der Waals surface area contributed by atoms with E-state index in [1.165, 1.54) is 0 Å². The van der Waals surface area contributed by atoms with Crippen LogP contribution in [0.15, 0.2) is 6.07 Å². The number of pyridine rings is 1. The minimum absolute atomic E-state index is 0.116. The van der Waals surface area contributed by atoms with Crippen LogP contribution >= 0.6 is 22.6 Å². The van der Waals surface area contributed by atoms with E-state index in [2.05, 4.69) is 4.98 Å². The van der Waals surface area contributed by atoms with Crippen LogP contribution < -0.4 is 5.73 Å². The Morgan fingerprint density at radius 3 is 2.69 bits per heavy atom. The molecule has 1 aromatic heterocycles. The van der Waals surface area contributed by atoms with Gasteiger partial charge in [0.25, 0.3) is 6.43 Å². The van der Waals surface area contributed by atoms with Crippen molar-refractivity contribution in [2.24, 2.45) is 0 Å². The van der Waals surface area contributed by atoms with Gasteiger partial charge in [-0.1, -0.05) is 0 Å². The molecule has 1 aromatic rings. The Bertz CT molecular complexity index is 373. The second kappa shape index (κ2) is 3.83. The summed E-state index contributed by atoms with van der Waals surface area (Å²) in [7, 11) is 0. The van der Waals surface area contributed by atoms with Crippen molar-refractivity contribution in [2.75, 3.05) is 5.73 Å². The molecular weight excluding hydrogens is 291 g/mol. The number of nitriles is 1. The summed E-state index contributed by atoms with van der Waals surface area (Å²) in [4.78, 5) is 3.63. The molecule has 0 amide bonds. The molecule has 1 heterocycles. The highest BCUT2D eigenvalue weighted by molar-refractivity contribution is 14.1. The first-order chi connectivity index (χ1) is 6.06. The minimum Gasteiger partial charge on any atom is -0.383 e. The van der Waals surface area contributed by atoms with Crippen molar-refractivity contribution in [3.63, 3.8) is 0 Å². The fourth-order valence-electron chi connectivity index (χ4n) is 0.773. The van der Waals surface area contributed by atoms with Gasteiger partial charge in [-0.3, -0.25) is 0 Å². The quantitative estimate of drug-likeness (QED) is 0.637. The van der Waals surface area contributed by atoms with Gasteiger partial charge in [0.2, 0.25) is 0 Å². The van der Waals surface area contributed by atoms with E-state index in [4.69, 9.17) is 11.0 Å². The average molecular weight is 295 g/mol. The smallest absolute Gasteiger partial charge is 0.267 e. The SMILES string of the molecule is N#Cc1cc(C(F)F)c(N)nc1I. The summed E-state index contributed by atoms with van der Waals surface area (Å²) in [6, 6.07) is 2.82. The highest BCUT2D eigenvalue weighted by Crippen LogP contribution is 2.25. The Kier molecular flexibility index (Phi) is 2.98. The summed E-state index contributed by atoms with van der Waals surface area (Å²) in [6.07, 6.45) is -2.70. The topological polar surface area (TPSA) is 62.7 Å². The van der Waals surface area contributed by atoms with Crippen molar-refractivity contribution < 1.29 is 8.78 Å². The van der Waals surface area contributed by atoms with Crippen LogP contribution in [0.2, 0.25) is 0 Å². The molecule has 0 bridgehead atoms. The lowest BCUT2D eigenvalue weighted by atomic mass is 10.2. The molecule has 0 saturated heterocycles. The Balaban J connectivity index is 3.33. The molecule has 6 heteroatoms. The number of nitrogens with two attached hydrogens (primary N) is 1. The Morgan fingerprint density at radius 1 is 1.62 bits per heavy atom.